The summed E-state index contributed by atoms with van der Waals surface area (Å²) < 4.78 is 30.4. The first-order valence-corrected chi connectivity index (χ1v) is 12.7. The highest BCUT2D eigenvalue weighted by molar-refractivity contribution is 6.00. The minimum atomic E-state index is -3.37. The average Bonchev–Trinajstić information content (AvgIpc) is 3.07. The summed E-state index contributed by atoms with van der Waals surface area (Å²) in [4.78, 5) is 41.5. The summed E-state index contributed by atoms with van der Waals surface area (Å²) in [6, 6.07) is 9.25. The van der Waals surface area contributed by atoms with E-state index >= 15 is 8.78 Å². The van der Waals surface area contributed by atoms with E-state index in [-0.39, 0.29) is 24.3 Å². The molecule has 2 saturated heterocycles. The van der Waals surface area contributed by atoms with Gasteiger partial charge in [-0.2, -0.15) is 0 Å². The van der Waals surface area contributed by atoms with Crippen LogP contribution in [0.4, 0.5) is 8.78 Å². The van der Waals surface area contributed by atoms with Gasteiger partial charge in [0.15, 0.2) is 6.10 Å². The van der Waals surface area contributed by atoms with Crippen LogP contribution in [-0.4, -0.2) is 80.5 Å². The van der Waals surface area contributed by atoms with Crippen molar-refractivity contribution in [3.63, 3.8) is 0 Å². The number of hydrogen-bond donors (Lipinski definition) is 3. The maximum Gasteiger partial charge on any atom is 0.290 e. The van der Waals surface area contributed by atoms with E-state index < -0.39 is 53.9 Å². The Hall–Kier alpha value is -3.53. The molecule has 10 heteroatoms. The number of phenols is 1. The fourth-order valence-electron chi connectivity index (χ4n) is 5.65. The first-order chi connectivity index (χ1) is 17.8. The van der Waals surface area contributed by atoms with E-state index in [0.717, 1.165) is 9.80 Å². The quantitative estimate of drug-likeness (QED) is 0.456. The fourth-order valence-corrected chi connectivity index (χ4v) is 5.65. The lowest BCUT2D eigenvalue weighted by atomic mass is 9.78. The van der Waals surface area contributed by atoms with Crippen LogP contribution in [0.3, 0.4) is 0 Å². The SMILES string of the molecule is CCCN1C(=O)C2N(C(=O)[C@@H](O)[C@H](Cc3ccccc3)NC(=O)c3c(C)ccc(O)c3C)CC(F)(F)C21C. The minimum absolute atomic E-state index is 0.0263. The third-order valence-electron chi connectivity index (χ3n) is 7.87. The van der Waals surface area contributed by atoms with Gasteiger partial charge in [0.25, 0.3) is 17.7 Å². The molecule has 0 aliphatic carbocycles. The van der Waals surface area contributed by atoms with E-state index in [1.54, 1.807) is 57.2 Å². The lowest BCUT2D eigenvalue weighted by molar-refractivity contribution is -0.190. The van der Waals surface area contributed by atoms with Crippen molar-refractivity contribution in [3.8, 4) is 5.75 Å². The van der Waals surface area contributed by atoms with Gasteiger partial charge >= 0.3 is 0 Å². The van der Waals surface area contributed by atoms with Gasteiger partial charge in [-0.25, -0.2) is 8.78 Å². The molecular formula is C28H33F2N3O5. The molecule has 0 aromatic heterocycles. The molecule has 204 valence electrons. The molecule has 2 heterocycles. The molecule has 0 saturated carbocycles. The Morgan fingerprint density at radius 3 is 2.45 bits per heavy atom. The normalized spacial score (nSPS) is 23.4. The van der Waals surface area contributed by atoms with Crippen molar-refractivity contribution in [1.82, 2.24) is 15.1 Å². The number of nitrogens with one attached hydrogen (secondary N) is 1. The number of β-lactam (4-membered cyclic amide) rings is 1. The first kappa shape index (κ1) is 27.5. The number of nitrogens with zero attached hydrogens (tertiary/aromatic N) is 2. The van der Waals surface area contributed by atoms with E-state index in [2.05, 4.69) is 5.32 Å². The van der Waals surface area contributed by atoms with E-state index in [4.69, 9.17) is 0 Å². The van der Waals surface area contributed by atoms with Crippen molar-refractivity contribution >= 4 is 17.7 Å². The molecule has 4 atom stereocenters. The molecule has 4 rings (SSSR count). The second kappa shape index (κ2) is 9.98. The highest BCUT2D eigenvalue weighted by Gasteiger charge is 2.77. The van der Waals surface area contributed by atoms with Crippen LogP contribution in [0, 0.1) is 13.8 Å². The number of aromatic hydroxyl groups is 1. The number of carbonyl (C=O) groups is 3. The molecule has 2 aromatic carbocycles. The summed E-state index contributed by atoms with van der Waals surface area (Å²) in [6.45, 7) is 5.44. The number of fused-ring (bicyclic) bond motifs is 1. The monoisotopic (exact) mass is 529 g/mol. The lowest BCUT2D eigenvalue weighted by Crippen LogP contribution is -2.78. The first-order valence-electron chi connectivity index (χ1n) is 12.7. The molecule has 2 unspecified atom stereocenters. The highest BCUT2D eigenvalue weighted by Crippen LogP contribution is 2.52. The van der Waals surface area contributed by atoms with Gasteiger partial charge in [-0.15, -0.1) is 0 Å². The Morgan fingerprint density at radius 1 is 1.16 bits per heavy atom. The number of phenolic OH excluding ortho intramolecular Hbond substituents is 1. The highest BCUT2D eigenvalue weighted by atomic mass is 19.3. The molecule has 3 amide bonds. The van der Waals surface area contributed by atoms with E-state index in [1.807, 2.05) is 0 Å². The van der Waals surface area contributed by atoms with Crippen LogP contribution in [0.2, 0.25) is 0 Å². The summed E-state index contributed by atoms with van der Waals surface area (Å²) in [5.74, 6) is -5.72. The van der Waals surface area contributed by atoms with Crippen molar-refractivity contribution in [3.05, 3.63) is 64.7 Å². The molecule has 2 aliphatic rings. The number of halogens is 2. The van der Waals surface area contributed by atoms with Crippen molar-refractivity contribution in [2.75, 3.05) is 13.1 Å². The molecule has 3 N–H and O–H groups in total. The maximum absolute atomic E-state index is 15.2. The number of rotatable bonds is 8. The molecule has 2 fully saturated rings. The van der Waals surface area contributed by atoms with Gasteiger partial charge in [-0.3, -0.25) is 14.4 Å². The zero-order valence-electron chi connectivity index (χ0n) is 21.9. The molecule has 2 aromatic rings. The minimum Gasteiger partial charge on any atom is -0.508 e. The van der Waals surface area contributed by atoms with E-state index in [9.17, 15) is 24.6 Å². The molecule has 38 heavy (non-hydrogen) atoms. The topological polar surface area (TPSA) is 110 Å². The van der Waals surface area contributed by atoms with Crippen LogP contribution in [0.1, 0.15) is 47.3 Å². The van der Waals surface area contributed by atoms with Crippen molar-refractivity contribution in [2.45, 2.75) is 70.2 Å². The van der Waals surface area contributed by atoms with Crippen LogP contribution in [-0.2, 0) is 16.0 Å². The number of aliphatic hydroxyl groups excluding tert-OH is 1. The number of aryl methyl sites for hydroxylation is 1. The van der Waals surface area contributed by atoms with Crippen LogP contribution < -0.4 is 5.32 Å². The molecule has 0 radical (unpaired) electrons. The number of benzene rings is 2. The van der Waals surface area contributed by atoms with Crippen LogP contribution in [0.25, 0.3) is 0 Å². The maximum atomic E-state index is 15.2. The number of aliphatic hydroxyl groups is 1. The number of carbonyl (C=O) groups excluding carboxylic acids is 3. The summed E-state index contributed by atoms with van der Waals surface area (Å²) in [5.41, 5.74) is -0.0774. The summed E-state index contributed by atoms with van der Waals surface area (Å²) in [5, 5.41) is 24.0. The third kappa shape index (κ3) is 4.30. The second-order valence-electron chi connectivity index (χ2n) is 10.3. The smallest absolute Gasteiger partial charge is 0.290 e. The Kier molecular flexibility index (Phi) is 7.22. The van der Waals surface area contributed by atoms with Crippen molar-refractivity contribution in [2.24, 2.45) is 0 Å². The third-order valence-corrected chi connectivity index (χ3v) is 7.87. The van der Waals surface area contributed by atoms with Crippen LogP contribution in [0.5, 0.6) is 5.75 Å². The van der Waals surface area contributed by atoms with Crippen LogP contribution in [0.15, 0.2) is 42.5 Å². The summed E-state index contributed by atoms with van der Waals surface area (Å²) in [7, 11) is 0. The largest absolute Gasteiger partial charge is 0.508 e. The number of amides is 3. The molecule has 2 aliphatic heterocycles. The predicted molar refractivity (Wildman–Crippen MR) is 136 cm³/mol. The van der Waals surface area contributed by atoms with Gasteiger partial charge < -0.3 is 25.3 Å². The standard InChI is InChI=1S/C28H33F2N3O5/c1-5-13-33-26(38)23-27(33,4)28(29,30)15-32(23)25(37)22(35)19(14-18-9-7-6-8-10-18)31-24(36)21-16(2)11-12-20(34)17(21)3/h6-12,19,22-23,34-35H,5,13-15H2,1-4H3,(H,31,36)/t19-,22-,23?,27?/m0/s1. The number of hydrogen-bond acceptors (Lipinski definition) is 5. The van der Waals surface area contributed by atoms with Gasteiger partial charge in [0, 0.05) is 17.7 Å². The van der Waals surface area contributed by atoms with Crippen LogP contribution >= 0.6 is 0 Å². The molecule has 8 nitrogen and oxygen atoms in total. The Labute approximate surface area is 220 Å². The van der Waals surface area contributed by atoms with E-state index in [1.165, 1.54) is 13.0 Å². The predicted octanol–water partition coefficient (Wildman–Crippen LogP) is 2.57. The molecule has 0 spiro atoms. The lowest BCUT2D eigenvalue weighted by Gasteiger charge is -2.54. The van der Waals surface area contributed by atoms with Gasteiger partial charge in [-0.05, 0) is 50.8 Å². The van der Waals surface area contributed by atoms with Gasteiger partial charge in [0.05, 0.1) is 12.6 Å². The number of alkyl halides is 2. The van der Waals surface area contributed by atoms with Gasteiger partial charge in [0.2, 0.25) is 5.91 Å². The zero-order chi connectivity index (χ0) is 28.0. The Balaban J connectivity index is 1.63. The van der Waals surface area contributed by atoms with E-state index in [0.29, 0.717) is 23.1 Å². The van der Waals surface area contributed by atoms with Crippen molar-refractivity contribution in [1.29, 1.82) is 0 Å². The van der Waals surface area contributed by atoms with Gasteiger partial charge in [-0.1, -0.05) is 43.3 Å². The molecule has 0 bridgehead atoms. The summed E-state index contributed by atoms with van der Waals surface area (Å²) >= 11 is 0. The Morgan fingerprint density at radius 2 is 1.82 bits per heavy atom. The average molecular weight is 530 g/mol. The van der Waals surface area contributed by atoms with Gasteiger partial charge in [0.1, 0.15) is 17.3 Å². The second-order valence-corrected chi connectivity index (χ2v) is 10.3. The zero-order valence-corrected chi connectivity index (χ0v) is 21.9. The fraction of sp³-hybridized carbons (Fsp3) is 0.464. The summed E-state index contributed by atoms with van der Waals surface area (Å²) in [6.07, 6.45) is -1.39. The number of likely N-dealkylation sites (tertiary alicyclic amines) is 2. The Bertz CT molecular complexity index is 1250. The molecular weight excluding hydrogens is 496 g/mol. The van der Waals surface area contributed by atoms with Crippen molar-refractivity contribution < 1.29 is 33.4 Å².